The topological polar surface area (TPSA) is 29.3 Å². The minimum Gasteiger partial charge on any atom is -0.397 e. The Morgan fingerprint density at radius 1 is 1.33 bits per heavy atom. The number of nitrogens with zero attached hydrogens (tertiary/aromatic N) is 1. The Bertz CT molecular complexity index is 335. The first-order valence-corrected chi connectivity index (χ1v) is 7.45. The number of thioether (sulfide) groups is 2. The van der Waals surface area contributed by atoms with Gasteiger partial charge in [-0.3, -0.25) is 0 Å². The molecule has 4 heteroatoms. The lowest BCUT2D eigenvalue weighted by molar-refractivity contribution is 0.859. The molecule has 1 heterocycles. The lowest BCUT2D eigenvalue weighted by Gasteiger charge is -2.29. The average Bonchev–Trinajstić information content (AvgIpc) is 2.30. The van der Waals surface area contributed by atoms with E-state index in [1.807, 2.05) is 11.8 Å². The molecule has 15 heavy (non-hydrogen) atoms. The van der Waals surface area contributed by atoms with Crippen LogP contribution in [0.25, 0.3) is 0 Å². The summed E-state index contributed by atoms with van der Waals surface area (Å²) in [6, 6.07) is 6.37. The molecule has 0 amide bonds. The molecule has 1 fully saturated rings. The van der Waals surface area contributed by atoms with Crippen LogP contribution in [-0.4, -0.2) is 30.9 Å². The summed E-state index contributed by atoms with van der Waals surface area (Å²) in [5, 5.41) is 0. The van der Waals surface area contributed by atoms with Crippen molar-refractivity contribution in [3.05, 3.63) is 18.2 Å². The van der Waals surface area contributed by atoms with Crippen LogP contribution >= 0.6 is 23.5 Å². The molecule has 1 aromatic rings. The Hall–Kier alpha value is -0.480. The van der Waals surface area contributed by atoms with E-state index in [-0.39, 0.29) is 0 Å². The second-order valence-corrected chi connectivity index (χ2v) is 5.63. The van der Waals surface area contributed by atoms with Gasteiger partial charge in [0.2, 0.25) is 0 Å². The van der Waals surface area contributed by atoms with E-state index in [9.17, 15) is 0 Å². The van der Waals surface area contributed by atoms with Gasteiger partial charge in [-0.15, -0.1) is 11.8 Å². The normalized spacial score (nSPS) is 16.7. The molecule has 1 aliphatic rings. The van der Waals surface area contributed by atoms with E-state index in [0.29, 0.717) is 0 Å². The molecule has 0 aliphatic carbocycles. The summed E-state index contributed by atoms with van der Waals surface area (Å²) < 4.78 is 0. The van der Waals surface area contributed by atoms with Crippen molar-refractivity contribution >= 4 is 34.9 Å². The standard InChI is InChI=1S/C11H16N2S2/c1-14-9-2-3-11(10(12)8-9)13-4-6-15-7-5-13/h2-3,8H,4-7,12H2,1H3. The van der Waals surface area contributed by atoms with Crippen molar-refractivity contribution in [2.75, 3.05) is 41.5 Å². The summed E-state index contributed by atoms with van der Waals surface area (Å²) in [6.07, 6.45) is 2.08. The molecule has 0 radical (unpaired) electrons. The van der Waals surface area contributed by atoms with Crippen molar-refractivity contribution in [3.63, 3.8) is 0 Å². The molecule has 0 spiro atoms. The number of hydrogen-bond acceptors (Lipinski definition) is 4. The number of nitrogens with two attached hydrogens (primary N) is 1. The van der Waals surface area contributed by atoms with Crippen molar-refractivity contribution in [1.82, 2.24) is 0 Å². The molecule has 0 aromatic heterocycles. The maximum Gasteiger partial charge on any atom is 0.0601 e. The predicted octanol–water partition coefficient (Wildman–Crippen LogP) is 2.54. The Morgan fingerprint density at radius 3 is 2.67 bits per heavy atom. The Morgan fingerprint density at radius 2 is 2.07 bits per heavy atom. The first-order chi connectivity index (χ1) is 7.31. The number of anilines is 2. The fourth-order valence-electron chi connectivity index (χ4n) is 1.75. The van der Waals surface area contributed by atoms with Gasteiger partial charge in [-0.1, -0.05) is 0 Å². The molecular formula is C11H16N2S2. The van der Waals surface area contributed by atoms with Gasteiger partial charge in [-0.25, -0.2) is 0 Å². The van der Waals surface area contributed by atoms with Crippen LogP contribution < -0.4 is 10.6 Å². The van der Waals surface area contributed by atoms with Crippen LogP contribution in [-0.2, 0) is 0 Å². The van der Waals surface area contributed by atoms with Crippen LogP contribution in [0.1, 0.15) is 0 Å². The van der Waals surface area contributed by atoms with Gasteiger partial charge in [0.1, 0.15) is 0 Å². The minimum absolute atomic E-state index is 0.911. The summed E-state index contributed by atoms with van der Waals surface area (Å²) in [5.74, 6) is 2.42. The SMILES string of the molecule is CSc1ccc(N2CCSCC2)c(N)c1. The molecule has 1 saturated heterocycles. The van der Waals surface area contributed by atoms with Gasteiger partial charge in [0.05, 0.1) is 11.4 Å². The molecule has 2 nitrogen and oxygen atoms in total. The van der Waals surface area contributed by atoms with Gasteiger partial charge in [-0.05, 0) is 24.5 Å². The molecular weight excluding hydrogens is 224 g/mol. The number of rotatable bonds is 2. The largest absolute Gasteiger partial charge is 0.397 e. The van der Waals surface area contributed by atoms with Crippen LogP contribution in [0.3, 0.4) is 0 Å². The second-order valence-electron chi connectivity index (χ2n) is 3.52. The first-order valence-electron chi connectivity index (χ1n) is 5.07. The van der Waals surface area contributed by atoms with Gasteiger partial charge >= 0.3 is 0 Å². The van der Waals surface area contributed by atoms with Gasteiger partial charge in [0, 0.05) is 29.5 Å². The van der Waals surface area contributed by atoms with Crippen LogP contribution in [0.5, 0.6) is 0 Å². The zero-order chi connectivity index (χ0) is 10.7. The third kappa shape index (κ3) is 2.55. The number of benzene rings is 1. The van der Waals surface area contributed by atoms with E-state index >= 15 is 0 Å². The van der Waals surface area contributed by atoms with Crippen molar-refractivity contribution in [2.24, 2.45) is 0 Å². The van der Waals surface area contributed by atoms with Crippen LogP contribution in [0.15, 0.2) is 23.1 Å². The van der Waals surface area contributed by atoms with E-state index in [1.165, 1.54) is 22.1 Å². The number of nitrogen functional groups attached to an aromatic ring is 1. The fourth-order valence-corrected chi connectivity index (χ4v) is 3.10. The molecule has 0 atom stereocenters. The quantitative estimate of drug-likeness (QED) is 0.635. The highest BCUT2D eigenvalue weighted by molar-refractivity contribution is 7.99. The molecule has 2 rings (SSSR count). The molecule has 0 saturated carbocycles. The molecule has 2 N–H and O–H groups in total. The lowest BCUT2D eigenvalue weighted by atomic mass is 10.2. The Balaban J connectivity index is 2.19. The molecule has 0 unspecified atom stereocenters. The van der Waals surface area contributed by atoms with Crippen LogP contribution in [0.4, 0.5) is 11.4 Å². The maximum atomic E-state index is 6.07. The van der Waals surface area contributed by atoms with E-state index in [4.69, 9.17) is 5.73 Å². The highest BCUT2D eigenvalue weighted by Gasteiger charge is 2.13. The summed E-state index contributed by atoms with van der Waals surface area (Å²) in [4.78, 5) is 3.62. The second kappa shape index (κ2) is 5.03. The third-order valence-electron chi connectivity index (χ3n) is 2.59. The Labute approximate surface area is 99.6 Å². The smallest absolute Gasteiger partial charge is 0.0601 e. The lowest BCUT2D eigenvalue weighted by Crippen LogP contribution is -2.32. The van der Waals surface area contributed by atoms with E-state index < -0.39 is 0 Å². The summed E-state index contributed by atoms with van der Waals surface area (Å²) in [6.45, 7) is 2.24. The predicted molar refractivity (Wildman–Crippen MR) is 72.2 cm³/mol. The summed E-state index contributed by atoms with van der Waals surface area (Å²) in [7, 11) is 0. The zero-order valence-electron chi connectivity index (χ0n) is 8.90. The highest BCUT2D eigenvalue weighted by atomic mass is 32.2. The monoisotopic (exact) mass is 240 g/mol. The van der Waals surface area contributed by atoms with Crippen LogP contribution in [0.2, 0.25) is 0 Å². The summed E-state index contributed by atoms with van der Waals surface area (Å²) in [5.41, 5.74) is 8.18. The van der Waals surface area contributed by atoms with Crippen molar-refractivity contribution in [3.8, 4) is 0 Å². The first kappa shape index (κ1) is 11.0. The van der Waals surface area contributed by atoms with Gasteiger partial charge in [-0.2, -0.15) is 11.8 Å². The highest BCUT2D eigenvalue weighted by Crippen LogP contribution is 2.29. The third-order valence-corrected chi connectivity index (χ3v) is 4.25. The summed E-state index contributed by atoms with van der Waals surface area (Å²) >= 11 is 3.76. The molecule has 82 valence electrons. The van der Waals surface area contributed by atoms with E-state index in [1.54, 1.807) is 11.8 Å². The van der Waals surface area contributed by atoms with Crippen molar-refractivity contribution in [2.45, 2.75) is 4.90 Å². The Kier molecular flexibility index (Phi) is 3.70. The van der Waals surface area contributed by atoms with Crippen molar-refractivity contribution in [1.29, 1.82) is 0 Å². The number of hydrogen-bond donors (Lipinski definition) is 1. The van der Waals surface area contributed by atoms with E-state index in [0.717, 1.165) is 18.8 Å². The van der Waals surface area contributed by atoms with Gasteiger partial charge in [0.25, 0.3) is 0 Å². The van der Waals surface area contributed by atoms with E-state index in [2.05, 4.69) is 29.4 Å². The average molecular weight is 240 g/mol. The van der Waals surface area contributed by atoms with Gasteiger partial charge < -0.3 is 10.6 Å². The van der Waals surface area contributed by atoms with Gasteiger partial charge in [0.15, 0.2) is 0 Å². The minimum atomic E-state index is 0.911. The van der Waals surface area contributed by atoms with Crippen LogP contribution in [0, 0.1) is 0 Å². The van der Waals surface area contributed by atoms with Crippen molar-refractivity contribution < 1.29 is 0 Å². The molecule has 1 aliphatic heterocycles. The maximum absolute atomic E-state index is 6.07. The molecule has 1 aromatic carbocycles. The zero-order valence-corrected chi connectivity index (χ0v) is 10.5. The molecule has 0 bridgehead atoms. The fraction of sp³-hybridized carbons (Fsp3) is 0.455.